The van der Waals surface area contributed by atoms with E-state index in [9.17, 15) is 17.6 Å². The lowest BCUT2D eigenvalue weighted by Crippen LogP contribution is -2.05. The van der Waals surface area contributed by atoms with E-state index in [0.29, 0.717) is 11.8 Å². The average molecular weight is 390 g/mol. The molecule has 0 aliphatic heterocycles. The van der Waals surface area contributed by atoms with E-state index in [1.807, 2.05) is 0 Å². The summed E-state index contributed by atoms with van der Waals surface area (Å²) in [6.45, 7) is 0. The highest BCUT2D eigenvalue weighted by molar-refractivity contribution is 7.98. The predicted octanol–water partition coefficient (Wildman–Crippen LogP) is 5.24. The topological polar surface area (TPSA) is 51.8 Å². The molecule has 0 fully saturated rings. The molecule has 2 aromatic heterocycles. The van der Waals surface area contributed by atoms with Gasteiger partial charge in [-0.05, 0) is 30.3 Å². The lowest BCUT2D eigenvalue weighted by atomic mass is 10.2. The molecule has 1 aromatic carbocycles. The third kappa shape index (κ3) is 4.29. The summed E-state index contributed by atoms with van der Waals surface area (Å²) in [6.07, 6.45) is -3.79. The molecule has 0 spiro atoms. The molecule has 0 atom stereocenters. The Morgan fingerprint density at radius 2 is 1.84 bits per heavy atom. The first-order valence-electron chi connectivity index (χ1n) is 6.77. The van der Waals surface area contributed by atoms with Crippen molar-refractivity contribution in [1.82, 2.24) is 15.2 Å². The molecule has 10 heteroatoms. The second-order valence-electron chi connectivity index (χ2n) is 4.81. The number of hydrogen-bond acceptors (Lipinski definition) is 5. The molecule has 3 rings (SSSR count). The van der Waals surface area contributed by atoms with E-state index in [2.05, 4.69) is 15.2 Å². The maximum atomic E-state index is 12.9. The fourth-order valence-electron chi connectivity index (χ4n) is 1.84. The van der Waals surface area contributed by atoms with Crippen molar-refractivity contribution in [3.63, 3.8) is 0 Å². The molecule has 4 nitrogen and oxygen atoms in total. The first-order chi connectivity index (χ1) is 11.8. The van der Waals surface area contributed by atoms with Crippen LogP contribution in [-0.4, -0.2) is 15.2 Å². The molecular formula is C15H8ClF4N3OS. The molecule has 0 aliphatic rings. The van der Waals surface area contributed by atoms with Crippen molar-refractivity contribution in [2.75, 3.05) is 0 Å². The molecule has 25 heavy (non-hydrogen) atoms. The van der Waals surface area contributed by atoms with Crippen LogP contribution in [0.1, 0.15) is 11.5 Å². The van der Waals surface area contributed by atoms with Crippen molar-refractivity contribution in [3.8, 4) is 11.5 Å². The van der Waals surface area contributed by atoms with E-state index < -0.39 is 11.7 Å². The van der Waals surface area contributed by atoms with E-state index in [0.717, 1.165) is 17.8 Å². The van der Waals surface area contributed by atoms with Gasteiger partial charge in [0.15, 0.2) is 0 Å². The summed E-state index contributed by atoms with van der Waals surface area (Å²) in [5.41, 5.74) is -0.367. The molecule has 0 unspecified atom stereocenters. The first-order valence-corrected chi connectivity index (χ1v) is 8.13. The van der Waals surface area contributed by atoms with Gasteiger partial charge in [0.2, 0.25) is 11.8 Å². The monoisotopic (exact) mass is 389 g/mol. The third-order valence-corrected chi connectivity index (χ3v) is 4.42. The van der Waals surface area contributed by atoms with Crippen LogP contribution in [0.2, 0.25) is 5.02 Å². The van der Waals surface area contributed by atoms with Gasteiger partial charge in [-0.1, -0.05) is 23.4 Å². The Kier molecular flexibility index (Phi) is 4.96. The molecule has 0 radical (unpaired) electrons. The number of aromatic nitrogens is 3. The van der Waals surface area contributed by atoms with E-state index >= 15 is 0 Å². The van der Waals surface area contributed by atoms with Crippen LogP contribution in [0.3, 0.4) is 0 Å². The van der Waals surface area contributed by atoms with Gasteiger partial charge in [0.05, 0.1) is 16.3 Å². The fourth-order valence-corrected chi connectivity index (χ4v) is 2.87. The zero-order valence-electron chi connectivity index (χ0n) is 12.2. The highest BCUT2D eigenvalue weighted by Crippen LogP contribution is 2.34. The van der Waals surface area contributed by atoms with Crippen molar-refractivity contribution < 1.29 is 22.0 Å². The molecule has 0 aliphatic carbocycles. The van der Waals surface area contributed by atoms with Gasteiger partial charge in [0.1, 0.15) is 10.8 Å². The van der Waals surface area contributed by atoms with Crippen LogP contribution in [0.15, 0.2) is 46.0 Å². The highest BCUT2D eigenvalue weighted by Gasteiger charge is 2.31. The molecule has 3 aromatic rings. The summed E-state index contributed by atoms with van der Waals surface area (Å²) in [5.74, 6) is 0.234. The van der Waals surface area contributed by atoms with Crippen LogP contribution in [-0.2, 0) is 11.9 Å². The Hall–Kier alpha value is -2.13. The van der Waals surface area contributed by atoms with Crippen LogP contribution >= 0.6 is 23.4 Å². The number of halogens is 5. The van der Waals surface area contributed by atoms with E-state index in [1.165, 1.54) is 24.3 Å². The predicted molar refractivity (Wildman–Crippen MR) is 83.5 cm³/mol. The summed E-state index contributed by atoms with van der Waals surface area (Å²) in [7, 11) is 0. The van der Waals surface area contributed by atoms with Gasteiger partial charge in [-0.3, -0.25) is 0 Å². The van der Waals surface area contributed by atoms with Gasteiger partial charge in [0.25, 0.3) is 0 Å². The standard InChI is InChI=1S/C15H8ClF4N3OS/c16-11-5-9(15(18,19)20)6-21-14(11)25-7-12-22-23-13(24-12)8-1-3-10(17)4-2-8/h1-6H,7H2. The lowest BCUT2D eigenvalue weighted by molar-refractivity contribution is -0.137. The van der Waals surface area contributed by atoms with Crippen molar-refractivity contribution in [2.45, 2.75) is 17.0 Å². The summed E-state index contributed by atoms with van der Waals surface area (Å²) in [4.78, 5) is 3.71. The molecule has 0 saturated carbocycles. The van der Waals surface area contributed by atoms with Crippen molar-refractivity contribution >= 4 is 23.4 Å². The molecule has 0 N–H and O–H groups in total. The van der Waals surface area contributed by atoms with Gasteiger partial charge in [-0.25, -0.2) is 9.37 Å². The number of nitrogens with zero attached hydrogens (tertiary/aromatic N) is 3. The second kappa shape index (κ2) is 7.01. The average Bonchev–Trinajstić information content (AvgIpc) is 3.02. The van der Waals surface area contributed by atoms with Crippen LogP contribution in [0.4, 0.5) is 17.6 Å². The Bertz CT molecular complexity index is 883. The molecule has 0 bridgehead atoms. The number of rotatable bonds is 4. The molecule has 0 amide bonds. The minimum absolute atomic E-state index is 0.113. The van der Waals surface area contributed by atoms with Gasteiger partial charge >= 0.3 is 6.18 Å². The second-order valence-corrected chi connectivity index (χ2v) is 6.18. The SMILES string of the molecule is Fc1ccc(-c2nnc(CSc3ncc(C(F)(F)F)cc3Cl)o2)cc1. The molecular weight excluding hydrogens is 382 g/mol. The fraction of sp³-hybridized carbons (Fsp3) is 0.133. The van der Waals surface area contributed by atoms with E-state index in [-0.39, 0.29) is 33.4 Å². The van der Waals surface area contributed by atoms with Gasteiger partial charge in [-0.15, -0.1) is 10.2 Å². The maximum absolute atomic E-state index is 12.9. The largest absolute Gasteiger partial charge is 0.420 e. The van der Waals surface area contributed by atoms with Crippen LogP contribution in [0, 0.1) is 5.82 Å². The number of benzene rings is 1. The van der Waals surface area contributed by atoms with Crippen molar-refractivity contribution in [3.05, 3.63) is 58.8 Å². The molecule has 0 saturated heterocycles. The smallest absolute Gasteiger partial charge is 0.417 e. The lowest BCUT2D eigenvalue weighted by Gasteiger charge is -2.08. The first kappa shape index (κ1) is 17.7. The Morgan fingerprint density at radius 3 is 2.48 bits per heavy atom. The number of thioether (sulfide) groups is 1. The zero-order chi connectivity index (χ0) is 18.0. The molecule has 2 heterocycles. The summed E-state index contributed by atoms with van der Waals surface area (Å²) >= 11 is 6.90. The van der Waals surface area contributed by atoms with Crippen molar-refractivity contribution in [1.29, 1.82) is 0 Å². The number of hydrogen-bond donors (Lipinski definition) is 0. The van der Waals surface area contributed by atoms with Crippen LogP contribution in [0.25, 0.3) is 11.5 Å². The van der Waals surface area contributed by atoms with Gasteiger partial charge < -0.3 is 4.42 Å². The number of pyridine rings is 1. The number of alkyl halides is 3. The summed E-state index contributed by atoms with van der Waals surface area (Å²) in [5, 5.41) is 7.78. The molecule has 130 valence electrons. The van der Waals surface area contributed by atoms with E-state index in [1.54, 1.807) is 0 Å². The highest BCUT2D eigenvalue weighted by atomic mass is 35.5. The minimum atomic E-state index is -4.50. The van der Waals surface area contributed by atoms with Crippen molar-refractivity contribution in [2.24, 2.45) is 0 Å². The zero-order valence-corrected chi connectivity index (χ0v) is 13.8. The quantitative estimate of drug-likeness (QED) is 0.451. The third-order valence-electron chi connectivity index (χ3n) is 3.03. The van der Waals surface area contributed by atoms with Gasteiger partial charge in [-0.2, -0.15) is 13.2 Å². The normalized spacial score (nSPS) is 11.7. The van der Waals surface area contributed by atoms with Gasteiger partial charge in [0, 0.05) is 11.8 Å². The Morgan fingerprint density at radius 1 is 1.12 bits per heavy atom. The maximum Gasteiger partial charge on any atom is 0.417 e. The van der Waals surface area contributed by atoms with Crippen LogP contribution in [0.5, 0.6) is 0 Å². The van der Waals surface area contributed by atoms with Crippen LogP contribution < -0.4 is 0 Å². The summed E-state index contributed by atoms with van der Waals surface area (Å²) in [6, 6.07) is 6.33. The Balaban J connectivity index is 1.69. The van der Waals surface area contributed by atoms with E-state index in [4.69, 9.17) is 16.0 Å². The summed E-state index contributed by atoms with van der Waals surface area (Å²) < 4.78 is 56.1. The minimum Gasteiger partial charge on any atom is -0.420 e. The Labute approximate surface area is 148 Å².